The van der Waals surface area contributed by atoms with E-state index in [2.05, 4.69) is 31.7 Å². The molecular weight excluding hydrogens is 290 g/mol. The minimum Gasteiger partial charge on any atom is -0.381 e. The van der Waals surface area contributed by atoms with Crippen LogP contribution in [0.3, 0.4) is 0 Å². The molecule has 2 aliphatic rings. The molecule has 1 saturated heterocycles. The van der Waals surface area contributed by atoms with Crippen molar-refractivity contribution in [3.63, 3.8) is 0 Å². The highest BCUT2D eigenvalue weighted by atomic mass is 16.5. The molecule has 2 aromatic rings. The Bertz CT molecular complexity index is 688. The zero-order valence-corrected chi connectivity index (χ0v) is 13.8. The second-order valence-electron chi connectivity index (χ2n) is 6.67. The molecule has 0 N–H and O–H groups in total. The highest BCUT2D eigenvalue weighted by Crippen LogP contribution is 2.32. The summed E-state index contributed by atoms with van der Waals surface area (Å²) in [5, 5.41) is 8.95. The van der Waals surface area contributed by atoms with E-state index in [4.69, 9.17) is 4.74 Å². The number of hydrogen-bond donors (Lipinski definition) is 0. The maximum absolute atomic E-state index is 5.55. The van der Waals surface area contributed by atoms with Gasteiger partial charge in [0.1, 0.15) is 5.69 Å². The fraction of sp³-hybridized carbons (Fsp3) is 0.588. The van der Waals surface area contributed by atoms with Gasteiger partial charge in [0, 0.05) is 37.9 Å². The van der Waals surface area contributed by atoms with Gasteiger partial charge in [-0.1, -0.05) is 6.07 Å². The van der Waals surface area contributed by atoms with Crippen molar-refractivity contribution >= 4 is 5.95 Å². The average molecular weight is 313 g/mol. The predicted octanol–water partition coefficient (Wildman–Crippen LogP) is 2.28. The number of aryl methyl sites for hydroxylation is 1. The maximum atomic E-state index is 5.55. The van der Waals surface area contributed by atoms with E-state index in [1.165, 1.54) is 12.8 Å². The first-order valence-electron chi connectivity index (χ1n) is 8.40. The van der Waals surface area contributed by atoms with Crippen molar-refractivity contribution in [3.8, 4) is 11.5 Å². The molecule has 6 nitrogen and oxygen atoms in total. The zero-order valence-electron chi connectivity index (χ0n) is 13.8. The molecule has 0 aromatic carbocycles. The van der Waals surface area contributed by atoms with Crippen LogP contribution in [0.4, 0.5) is 5.95 Å². The quantitative estimate of drug-likeness (QED) is 0.847. The van der Waals surface area contributed by atoms with Crippen LogP contribution in [-0.2, 0) is 11.3 Å². The molecule has 0 bridgehead atoms. The van der Waals surface area contributed by atoms with E-state index in [-0.39, 0.29) is 0 Å². The molecule has 6 heteroatoms. The maximum Gasteiger partial charge on any atom is 0.227 e. The van der Waals surface area contributed by atoms with Gasteiger partial charge in [0.15, 0.2) is 5.82 Å². The Morgan fingerprint density at radius 1 is 1.26 bits per heavy atom. The molecule has 3 heterocycles. The van der Waals surface area contributed by atoms with Crippen molar-refractivity contribution in [1.82, 2.24) is 19.7 Å². The lowest BCUT2D eigenvalue weighted by Gasteiger charge is -2.20. The summed E-state index contributed by atoms with van der Waals surface area (Å²) in [6, 6.07) is 6.65. The van der Waals surface area contributed by atoms with Gasteiger partial charge < -0.3 is 9.64 Å². The highest BCUT2D eigenvalue weighted by molar-refractivity contribution is 5.53. The Morgan fingerprint density at radius 3 is 2.83 bits per heavy atom. The van der Waals surface area contributed by atoms with Crippen LogP contribution in [0, 0.1) is 12.8 Å². The van der Waals surface area contributed by atoms with Crippen molar-refractivity contribution < 1.29 is 4.74 Å². The molecule has 1 atom stereocenters. The molecule has 2 fully saturated rings. The van der Waals surface area contributed by atoms with Crippen LogP contribution in [0.1, 0.15) is 25.0 Å². The molecule has 122 valence electrons. The molecule has 1 aliphatic carbocycles. The monoisotopic (exact) mass is 313 g/mol. The van der Waals surface area contributed by atoms with E-state index in [9.17, 15) is 0 Å². The van der Waals surface area contributed by atoms with Gasteiger partial charge in [-0.15, -0.1) is 10.2 Å². The Balaban J connectivity index is 1.72. The van der Waals surface area contributed by atoms with Gasteiger partial charge in [0.05, 0.1) is 6.61 Å². The largest absolute Gasteiger partial charge is 0.381 e. The Hall–Kier alpha value is -1.95. The third-order valence-electron chi connectivity index (χ3n) is 4.72. The van der Waals surface area contributed by atoms with Gasteiger partial charge in [-0.05, 0) is 38.3 Å². The number of ether oxygens (including phenoxy) is 1. The van der Waals surface area contributed by atoms with Gasteiger partial charge in [0.2, 0.25) is 5.95 Å². The fourth-order valence-corrected chi connectivity index (χ4v) is 3.19. The second-order valence-corrected chi connectivity index (χ2v) is 6.67. The van der Waals surface area contributed by atoms with E-state index < -0.39 is 0 Å². The van der Waals surface area contributed by atoms with Crippen molar-refractivity contribution in [3.05, 3.63) is 23.9 Å². The van der Waals surface area contributed by atoms with Gasteiger partial charge in [0.25, 0.3) is 0 Å². The summed E-state index contributed by atoms with van der Waals surface area (Å²) in [7, 11) is 2.12. The highest BCUT2D eigenvalue weighted by Gasteiger charge is 2.31. The number of nitrogens with zero attached hydrogens (tertiary/aromatic N) is 5. The fourth-order valence-electron chi connectivity index (χ4n) is 3.19. The van der Waals surface area contributed by atoms with Crippen molar-refractivity contribution in [2.75, 3.05) is 25.2 Å². The molecule has 23 heavy (non-hydrogen) atoms. The molecule has 1 unspecified atom stereocenters. The Kier molecular flexibility index (Phi) is 3.77. The molecule has 0 spiro atoms. The molecule has 4 rings (SSSR count). The number of pyridine rings is 1. The first-order chi connectivity index (χ1) is 11.2. The summed E-state index contributed by atoms with van der Waals surface area (Å²) in [6.45, 7) is 4.58. The third-order valence-corrected chi connectivity index (χ3v) is 4.72. The van der Waals surface area contributed by atoms with Crippen molar-refractivity contribution in [1.29, 1.82) is 0 Å². The normalized spacial score (nSPS) is 20.9. The number of rotatable bonds is 5. The molecule has 1 saturated carbocycles. The van der Waals surface area contributed by atoms with Gasteiger partial charge in [-0.3, -0.25) is 4.57 Å². The Labute approximate surface area is 136 Å². The van der Waals surface area contributed by atoms with E-state index in [0.29, 0.717) is 12.0 Å². The predicted molar refractivity (Wildman–Crippen MR) is 88.3 cm³/mol. The van der Waals surface area contributed by atoms with Gasteiger partial charge in [-0.2, -0.15) is 0 Å². The summed E-state index contributed by atoms with van der Waals surface area (Å²) in [6.07, 6.45) is 3.59. The lowest BCUT2D eigenvalue weighted by Crippen LogP contribution is -2.25. The number of aromatic nitrogens is 4. The first kappa shape index (κ1) is 14.6. The van der Waals surface area contributed by atoms with Crippen LogP contribution in [0.25, 0.3) is 11.5 Å². The lowest BCUT2D eigenvalue weighted by molar-refractivity contribution is 0.182. The average Bonchev–Trinajstić information content (AvgIpc) is 3.12. The molecule has 1 aliphatic heterocycles. The first-order valence-corrected chi connectivity index (χ1v) is 8.40. The van der Waals surface area contributed by atoms with Crippen LogP contribution < -0.4 is 4.90 Å². The minimum absolute atomic E-state index is 0.529. The van der Waals surface area contributed by atoms with Crippen LogP contribution in [0.5, 0.6) is 0 Å². The summed E-state index contributed by atoms with van der Waals surface area (Å²) in [5.41, 5.74) is 1.89. The van der Waals surface area contributed by atoms with Crippen molar-refractivity contribution in [2.24, 2.45) is 5.92 Å². The summed E-state index contributed by atoms with van der Waals surface area (Å²) in [5.74, 6) is 2.35. The van der Waals surface area contributed by atoms with Crippen LogP contribution in [-0.4, -0.2) is 46.1 Å². The van der Waals surface area contributed by atoms with Gasteiger partial charge in [-0.25, -0.2) is 4.98 Å². The molecule has 0 amide bonds. The second kappa shape index (κ2) is 5.92. The summed E-state index contributed by atoms with van der Waals surface area (Å²) >= 11 is 0. The van der Waals surface area contributed by atoms with Crippen LogP contribution in [0.15, 0.2) is 18.2 Å². The van der Waals surface area contributed by atoms with E-state index in [1.807, 2.05) is 25.1 Å². The smallest absolute Gasteiger partial charge is 0.227 e. The van der Waals surface area contributed by atoms with Crippen LogP contribution >= 0.6 is 0 Å². The molecule has 0 radical (unpaired) electrons. The van der Waals surface area contributed by atoms with Crippen LogP contribution in [0.2, 0.25) is 0 Å². The van der Waals surface area contributed by atoms with Crippen molar-refractivity contribution in [2.45, 2.75) is 38.8 Å². The zero-order chi connectivity index (χ0) is 15.8. The molecular formula is C17H23N5O. The lowest BCUT2D eigenvalue weighted by atomic mass is 10.1. The van der Waals surface area contributed by atoms with E-state index in [1.54, 1.807) is 0 Å². The van der Waals surface area contributed by atoms with E-state index in [0.717, 1.165) is 49.3 Å². The summed E-state index contributed by atoms with van der Waals surface area (Å²) < 4.78 is 7.78. The Morgan fingerprint density at radius 2 is 2.13 bits per heavy atom. The topological polar surface area (TPSA) is 56.1 Å². The summed E-state index contributed by atoms with van der Waals surface area (Å²) in [4.78, 5) is 6.90. The number of anilines is 1. The molecule has 2 aromatic heterocycles. The minimum atomic E-state index is 0.529. The standard InChI is InChI=1S/C17H23N5O/c1-12-4-3-5-15(18-12)16-19-20-17(21(2)14-6-7-14)22(16)10-13-8-9-23-11-13/h3-5,13-14H,6-11H2,1-2H3. The van der Waals surface area contributed by atoms with E-state index >= 15 is 0 Å². The third kappa shape index (κ3) is 2.95. The van der Waals surface area contributed by atoms with Gasteiger partial charge >= 0.3 is 0 Å². The SMILES string of the molecule is Cc1cccc(-c2nnc(N(C)C3CC3)n2CC2CCOC2)n1. The number of hydrogen-bond acceptors (Lipinski definition) is 5.